The first-order valence-corrected chi connectivity index (χ1v) is 8.58. The molecule has 26 heavy (non-hydrogen) atoms. The number of aliphatic hydroxyl groups excluding tert-OH is 1. The molecule has 138 valence electrons. The van der Waals surface area contributed by atoms with E-state index in [0.29, 0.717) is 29.4 Å². The Hall–Kier alpha value is -2.44. The van der Waals surface area contributed by atoms with Crippen molar-refractivity contribution < 1.29 is 24.4 Å². The fourth-order valence-electron chi connectivity index (χ4n) is 4.32. The Balaban J connectivity index is 2.12. The Kier molecular flexibility index (Phi) is 3.97. The summed E-state index contributed by atoms with van der Waals surface area (Å²) in [7, 11) is 6.69. The van der Waals surface area contributed by atoms with Gasteiger partial charge in [0.1, 0.15) is 0 Å². The molecule has 2 aliphatic rings. The number of likely N-dealkylation sites (N-methyl/N-ethyl adjacent to an activating group) is 1. The van der Waals surface area contributed by atoms with Crippen LogP contribution in [-0.4, -0.2) is 50.0 Å². The average molecular weight is 357 g/mol. The molecule has 6 nitrogen and oxygen atoms in total. The first-order chi connectivity index (χ1) is 12.5. The van der Waals surface area contributed by atoms with E-state index in [-0.39, 0.29) is 11.8 Å². The van der Waals surface area contributed by atoms with Crippen molar-refractivity contribution in [2.24, 2.45) is 0 Å². The summed E-state index contributed by atoms with van der Waals surface area (Å²) in [4.78, 5) is 2.13. The Morgan fingerprint density at radius 2 is 1.77 bits per heavy atom. The number of phenolic OH excluding ortho intramolecular Hbond substituents is 1. The van der Waals surface area contributed by atoms with E-state index >= 15 is 0 Å². The number of hydrogen-bond acceptors (Lipinski definition) is 6. The van der Waals surface area contributed by atoms with Crippen LogP contribution in [-0.2, 0) is 6.42 Å². The van der Waals surface area contributed by atoms with Crippen LogP contribution in [0.1, 0.15) is 28.8 Å². The van der Waals surface area contributed by atoms with Gasteiger partial charge in [-0.15, -0.1) is 0 Å². The Morgan fingerprint density at radius 1 is 1.04 bits per heavy atom. The van der Waals surface area contributed by atoms with Crippen molar-refractivity contribution in [2.75, 3.05) is 34.9 Å². The molecule has 0 saturated carbocycles. The van der Waals surface area contributed by atoms with Crippen LogP contribution < -0.4 is 14.2 Å². The predicted molar refractivity (Wildman–Crippen MR) is 97.2 cm³/mol. The highest BCUT2D eigenvalue weighted by Gasteiger charge is 2.40. The van der Waals surface area contributed by atoms with Crippen molar-refractivity contribution in [3.63, 3.8) is 0 Å². The number of methoxy groups -OCH3 is 3. The van der Waals surface area contributed by atoms with Gasteiger partial charge in [0, 0.05) is 23.7 Å². The van der Waals surface area contributed by atoms with Crippen LogP contribution in [0.5, 0.6) is 23.0 Å². The molecule has 0 amide bonds. The topological polar surface area (TPSA) is 71.4 Å². The van der Waals surface area contributed by atoms with Crippen molar-refractivity contribution in [2.45, 2.75) is 18.6 Å². The highest BCUT2D eigenvalue weighted by Crippen LogP contribution is 2.56. The molecule has 2 aromatic rings. The van der Waals surface area contributed by atoms with Crippen molar-refractivity contribution in [3.05, 3.63) is 34.9 Å². The second-order valence-corrected chi connectivity index (χ2v) is 6.82. The van der Waals surface area contributed by atoms with Crippen molar-refractivity contribution in [3.8, 4) is 34.1 Å². The quantitative estimate of drug-likeness (QED) is 0.880. The molecule has 6 heteroatoms. The van der Waals surface area contributed by atoms with E-state index in [9.17, 15) is 10.2 Å². The van der Waals surface area contributed by atoms with Crippen LogP contribution in [0.25, 0.3) is 11.1 Å². The maximum Gasteiger partial charge on any atom is 0.168 e. The SMILES string of the molecule is COc1cc2c3c(c1O)-c1c(ccc(OC)c1OC)CC3N(C)CC2O. The average Bonchev–Trinajstić information content (AvgIpc) is 2.65. The van der Waals surface area contributed by atoms with E-state index in [1.807, 2.05) is 19.2 Å². The molecule has 2 unspecified atom stereocenters. The lowest BCUT2D eigenvalue weighted by Crippen LogP contribution is -2.38. The van der Waals surface area contributed by atoms with Crippen molar-refractivity contribution >= 4 is 0 Å². The first kappa shape index (κ1) is 17.0. The van der Waals surface area contributed by atoms with E-state index < -0.39 is 6.10 Å². The number of fused-ring (bicyclic) bond motifs is 2. The van der Waals surface area contributed by atoms with Crippen molar-refractivity contribution in [1.82, 2.24) is 4.90 Å². The molecule has 2 atom stereocenters. The molecule has 0 aromatic heterocycles. The van der Waals surface area contributed by atoms with Crippen molar-refractivity contribution in [1.29, 1.82) is 0 Å². The van der Waals surface area contributed by atoms with Crippen LogP contribution in [0.3, 0.4) is 0 Å². The molecule has 2 N–H and O–H groups in total. The standard InChI is InChI=1S/C20H23NO5/c1-21-9-13(22)11-8-15(25-3)19(23)18-16-10(7-12(21)17(11)18)5-6-14(24-2)20(16)26-4/h5-6,8,12-13,22-23H,7,9H2,1-4H3. The van der Waals surface area contributed by atoms with Gasteiger partial charge in [-0.3, -0.25) is 4.90 Å². The molecule has 1 aliphatic heterocycles. The normalized spacial score (nSPS) is 21.0. The minimum Gasteiger partial charge on any atom is -0.504 e. The fourth-order valence-corrected chi connectivity index (χ4v) is 4.32. The third-order valence-corrected chi connectivity index (χ3v) is 5.54. The molecule has 1 aliphatic carbocycles. The van der Waals surface area contributed by atoms with Crippen LogP contribution in [0.15, 0.2) is 18.2 Å². The maximum atomic E-state index is 11.0. The van der Waals surface area contributed by atoms with Crippen LogP contribution in [0, 0.1) is 0 Å². The molecule has 0 saturated heterocycles. The molecule has 0 spiro atoms. The highest BCUT2D eigenvalue weighted by molar-refractivity contribution is 5.88. The number of β-amino-alcohol motifs (C(OH)–C–C–N with tert-alkyl or cyclic N) is 1. The summed E-state index contributed by atoms with van der Waals surface area (Å²) >= 11 is 0. The van der Waals surface area contributed by atoms with Gasteiger partial charge in [-0.2, -0.15) is 0 Å². The lowest BCUT2D eigenvalue weighted by Gasteiger charge is -2.42. The Bertz CT molecular complexity index is 879. The van der Waals surface area contributed by atoms with E-state index in [4.69, 9.17) is 14.2 Å². The summed E-state index contributed by atoms with van der Waals surface area (Å²) in [5.74, 6) is 1.59. The number of aromatic hydroxyl groups is 1. The van der Waals surface area contributed by atoms with Crippen LogP contribution in [0.2, 0.25) is 0 Å². The zero-order valence-corrected chi connectivity index (χ0v) is 15.4. The molecule has 1 heterocycles. The monoisotopic (exact) mass is 357 g/mol. The molecule has 4 rings (SSSR count). The number of aliphatic hydroxyl groups is 1. The Morgan fingerprint density at radius 3 is 2.42 bits per heavy atom. The minimum absolute atomic E-state index is 0.0613. The van der Waals surface area contributed by atoms with E-state index in [1.165, 1.54) is 7.11 Å². The van der Waals surface area contributed by atoms with Gasteiger partial charge in [0.25, 0.3) is 0 Å². The zero-order valence-electron chi connectivity index (χ0n) is 15.4. The summed E-state index contributed by atoms with van der Waals surface area (Å²) in [6.07, 6.45) is 0.127. The number of rotatable bonds is 3. The molecular formula is C20H23NO5. The lowest BCUT2D eigenvalue weighted by molar-refractivity contribution is 0.0828. The number of benzene rings is 2. The lowest BCUT2D eigenvalue weighted by atomic mass is 9.75. The van der Waals surface area contributed by atoms with Gasteiger partial charge in [-0.1, -0.05) is 6.07 Å². The summed E-state index contributed by atoms with van der Waals surface area (Å²) in [5.41, 5.74) is 4.26. The highest BCUT2D eigenvalue weighted by atomic mass is 16.5. The third kappa shape index (κ3) is 2.19. The fraction of sp³-hybridized carbons (Fsp3) is 0.400. The number of nitrogens with zero attached hydrogens (tertiary/aromatic N) is 1. The largest absolute Gasteiger partial charge is 0.504 e. The number of ether oxygens (including phenoxy) is 3. The molecule has 0 bridgehead atoms. The summed E-state index contributed by atoms with van der Waals surface area (Å²) in [6, 6.07) is 5.72. The third-order valence-electron chi connectivity index (χ3n) is 5.54. The van der Waals surface area contributed by atoms with Gasteiger partial charge >= 0.3 is 0 Å². The summed E-state index contributed by atoms with van der Waals surface area (Å²) in [5, 5.41) is 21.6. The van der Waals surface area contributed by atoms with Gasteiger partial charge in [0.15, 0.2) is 23.0 Å². The van der Waals surface area contributed by atoms with E-state index in [0.717, 1.165) is 28.7 Å². The van der Waals surface area contributed by atoms with Crippen LogP contribution in [0.4, 0.5) is 0 Å². The molecule has 0 fully saturated rings. The zero-order chi connectivity index (χ0) is 18.6. The second-order valence-electron chi connectivity index (χ2n) is 6.82. The number of phenols is 1. The van der Waals surface area contributed by atoms with E-state index in [2.05, 4.69) is 4.90 Å². The maximum absolute atomic E-state index is 11.0. The first-order valence-electron chi connectivity index (χ1n) is 8.58. The molecule has 0 radical (unpaired) electrons. The predicted octanol–water partition coefficient (Wildman–Crippen LogP) is 2.66. The van der Waals surface area contributed by atoms with Gasteiger partial charge in [0.2, 0.25) is 0 Å². The summed E-state index contributed by atoms with van der Waals surface area (Å²) < 4.78 is 16.5. The van der Waals surface area contributed by atoms with Gasteiger partial charge in [0.05, 0.1) is 27.4 Å². The minimum atomic E-state index is -0.641. The Labute approximate surface area is 152 Å². The van der Waals surface area contributed by atoms with Gasteiger partial charge in [-0.25, -0.2) is 0 Å². The van der Waals surface area contributed by atoms with Gasteiger partial charge < -0.3 is 24.4 Å². The second kappa shape index (κ2) is 6.07. The van der Waals surface area contributed by atoms with Crippen LogP contribution >= 0.6 is 0 Å². The summed E-state index contributed by atoms with van der Waals surface area (Å²) in [6.45, 7) is 0.535. The molecular weight excluding hydrogens is 334 g/mol. The number of hydrogen-bond donors (Lipinski definition) is 2. The molecule has 2 aromatic carbocycles. The van der Waals surface area contributed by atoms with Gasteiger partial charge in [-0.05, 0) is 42.3 Å². The van der Waals surface area contributed by atoms with E-state index in [1.54, 1.807) is 20.3 Å². The smallest absolute Gasteiger partial charge is 0.168 e.